The van der Waals surface area contributed by atoms with E-state index in [4.69, 9.17) is 0 Å². The summed E-state index contributed by atoms with van der Waals surface area (Å²) in [4.78, 5) is 0. The van der Waals surface area contributed by atoms with E-state index in [0.29, 0.717) is 6.71 Å². The Labute approximate surface area is 86.0 Å². The summed E-state index contributed by atoms with van der Waals surface area (Å²) >= 11 is 0. The van der Waals surface area contributed by atoms with E-state index < -0.39 is 0 Å². The lowest BCUT2D eigenvalue weighted by molar-refractivity contribution is 1.51. The van der Waals surface area contributed by atoms with Crippen molar-refractivity contribution in [2.75, 3.05) is 0 Å². The molecule has 0 radical (unpaired) electrons. The van der Waals surface area contributed by atoms with Crippen molar-refractivity contribution in [3.05, 3.63) is 42.0 Å². The summed E-state index contributed by atoms with van der Waals surface area (Å²) in [6.07, 6.45) is 0. The van der Waals surface area contributed by atoms with Crippen molar-refractivity contribution in [3.8, 4) is 0 Å². The third kappa shape index (κ3) is 1.67. The smallest absolute Gasteiger partial charge is 0.0819 e. The van der Waals surface area contributed by atoms with Gasteiger partial charge in [0.25, 0.3) is 0 Å². The molecule has 0 unspecified atom stereocenters. The van der Waals surface area contributed by atoms with E-state index in [9.17, 15) is 0 Å². The molecule has 0 N–H and O–H groups in total. The molecule has 0 heterocycles. The predicted molar refractivity (Wildman–Crippen MR) is 65.8 cm³/mol. The van der Waals surface area contributed by atoms with Crippen molar-refractivity contribution in [2.24, 2.45) is 0 Å². The van der Waals surface area contributed by atoms with Crippen LogP contribution in [-0.4, -0.2) is 6.71 Å². The van der Waals surface area contributed by atoms with Crippen LogP contribution < -0.4 is 5.46 Å². The van der Waals surface area contributed by atoms with Crippen molar-refractivity contribution in [1.82, 2.24) is 0 Å². The topological polar surface area (TPSA) is 0 Å². The van der Waals surface area contributed by atoms with Gasteiger partial charge in [-0.25, -0.2) is 0 Å². The molecule has 0 aromatic heterocycles. The molecule has 0 aliphatic heterocycles. The van der Waals surface area contributed by atoms with Crippen molar-refractivity contribution in [1.29, 1.82) is 0 Å². The highest BCUT2D eigenvalue weighted by Gasteiger charge is 2.03. The molecule has 0 saturated heterocycles. The molecule has 2 rings (SSSR count). The number of benzene rings is 2. The fourth-order valence-electron chi connectivity index (χ4n) is 1.74. The Bertz CT molecular complexity index is 458. The van der Waals surface area contributed by atoms with E-state index >= 15 is 0 Å². The molecule has 0 amide bonds. The molecule has 0 saturated carbocycles. The molecule has 2 aromatic rings. The average molecular weight is 182 g/mol. The van der Waals surface area contributed by atoms with Crippen LogP contribution >= 0.6 is 0 Å². The summed E-state index contributed by atoms with van der Waals surface area (Å²) in [6.45, 7) is 7.21. The summed E-state index contributed by atoms with van der Waals surface area (Å²) in [5.74, 6) is 0. The number of fused-ring (bicyclic) bond motifs is 1. The van der Waals surface area contributed by atoms with Gasteiger partial charge in [0.05, 0.1) is 0 Å². The lowest BCUT2D eigenvalue weighted by Crippen LogP contribution is -2.21. The Morgan fingerprint density at radius 3 is 2.21 bits per heavy atom. The Balaban J connectivity index is 2.62. The van der Waals surface area contributed by atoms with Crippen molar-refractivity contribution >= 4 is 22.9 Å². The van der Waals surface area contributed by atoms with E-state index in [1.165, 1.54) is 21.8 Å². The number of hydrogen-bond donors (Lipinski definition) is 0. The molecule has 0 spiro atoms. The van der Waals surface area contributed by atoms with E-state index in [2.05, 4.69) is 57.0 Å². The molecular formula is C13H15B. The van der Waals surface area contributed by atoms with Gasteiger partial charge < -0.3 is 0 Å². The van der Waals surface area contributed by atoms with Crippen molar-refractivity contribution < 1.29 is 0 Å². The summed E-state index contributed by atoms with van der Waals surface area (Å²) < 4.78 is 0. The zero-order valence-corrected chi connectivity index (χ0v) is 9.04. The summed E-state index contributed by atoms with van der Waals surface area (Å²) in [5.41, 5.74) is 2.75. The highest BCUT2D eigenvalue weighted by atomic mass is 14.0. The van der Waals surface area contributed by atoms with E-state index in [0.717, 1.165) is 0 Å². The number of rotatable bonds is 1. The summed E-state index contributed by atoms with van der Waals surface area (Å²) in [6, 6.07) is 13.4. The second kappa shape index (κ2) is 3.49. The molecule has 0 atom stereocenters. The van der Waals surface area contributed by atoms with Crippen LogP contribution in [0.15, 0.2) is 36.4 Å². The minimum Gasteiger partial charge on any atom is -0.0819 e. The van der Waals surface area contributed by atoms with E-state index in [1.807, 2.05) is 0 Å². The van der Waals surface area contributed by atoms with Crippen LogP contribution in [0.3, 0.4) is 0 Å². The SMILES string of the molecule is CB(C)c1ccc2cc(C)ccc2c1. The van der Waals surface area contributed by atoms with Crippen LogP contribution in [0, 0.1) is 6.92 Å². The second-order valence-electron chi connectivity index (χ2n) is 4.26. The fourth-order valence-corrected chi connectivity index (χ4v) is 1.74. The Kier molecular flexibility index (Phi) is 2.32. The first-order valence-electron chi connectivity index (χ1n) is 5.17. The van der Waals surface area contributed by atoms with Gasteiger partial charge >= 0.3 is 0 Å². The summed E-state index contributed by atoms with van der Waals surface area (Å²) in [7, 11) is 0. The largest absolute Gasteiger partial charge is 0.169 e. The maximum atomic E-state index is 2.29. The monoisotopic (exact) mass is 182 g/mol. The highest BCUT2D eigenvalue weighted by Crippen LogP contribution is 2.14. The molecule has 2 aromatic carbocycles. The molecule has 14 heavy (non-hydrogen) atoms. The zero-order valence-electron chi connectivity index (χ0n) is 9.04. The Morgan fingerprint density at radius 2 is 1.50 bits per heavy atom. The third-order valence-corrected chi connectivity index (χ3v) is 2.69. The van der Waals surface area contributed by atoms with Gasteiger partial charge in [0.2, 0.25) is 0 Å². The summed E-state index contributed by atoms with van der Waals surface area (Å²) in [5, 5.41) is 2.69. The van der Waals surface area contributed by atoms with Gasteiger partial charge in [-0.15, -0.1) is 0 Å². The van der Waals surface area contributed by atoms with Crippen LogP contribution in [0.5, 0.6) is 0 Å². The standard InChI is InChI=1S/C13H15B/c1-10-4-5-12-9-13(14(2)3)7-6-11(12)8-10/h4-9H,1-3H3. The molecular weight excluding hydrogens is 167 g/mol. The lowest BCUT2D eigenvalue weighted by atomic mass is 9.49. The van der Waals surface area contributed by atoms with Crippen molar-refractivity contribution in [3.63, 3.8) is 0 Å². The first-order valence-corrected chi connectivity index (χ1v) is 5.17. The van der Waals surface area contributed by atoms with Crippen LogP contribution in [0.1, 0.15) is 5.56 Å². The van der Waals surface area contributed by atoms with Gasteiger partial charge in [0.15, 0.2) is 6.71 Å². The van der Waals surface area contributed by atoms with Gasteiger partial charge in [-0.05, 0) is 17.7 Å². The second-order valence-corrected chi connectivity index (χ2v) is 4.26. The maximum Gasteiger partial charge on any atom is 0.169 e. The van der Waals surface area contributed by atoms with Gasteiger partial charge in [-0.2, -0.15) is 0 Å². The molecule has 70 valence electrons. The molecule has 0 fully saturated rings. The molecule has 0 aliphatic rings. The molecule has 1 heteroatoms. The van der Waals surface area contributed by atoms with E-state index in [-0.39, 0.29) is 0 Å². The predicted octanol–water partition coefficient (Wildman–Crippen LogP) is 3.11. The first-order chi connectivity index (χ1) is 6.66. The average Bonchev–Trinajstić information content (AvgIpc) is 2.16. The van der Waals surface area contributed by atoms with Crippen LogP contribution in [0.2, 0.25) is 13.6 Å². The molecule has 0 nitrogen and oxygen atoms in total. The lowest BCUT2D eigenvalue weighted by Gasteiger charge is -2.05. The normalized spacial score (nSPS) is 10.5. The number of hydrogen-bond acceptors (Lipinski definition) is 0. The van der Waals surface area contributed by atoms with Crippen molar-refractivity contribution in [2.45, 2.75) is 20.6 Å². The maximum absolute atomic E-state index is 2.29. The molecule has 0 bridgehead atoms. The first kappa shape index (κ1) is 9.33. The Morgan fingerprint density at radius 1 is 0.857 bits per heavy atom. The van der Waals surface area contributed by atoms with Gasteiger partial charge in [0, 0.05) is 0 Å². The van der Waals surface area contributed by atoms with Gasteiger partial charge in [-0.3, -0.25) is 0 Å². The highest BCUT2D eigenvalue weighted by molar-refractivity contribution is 6.70. The van der Waals surface area contributed by atoms with Crippen LogP contribution in [-0.2, 0) is 0 Å². The minimum absolute atomic E-state index is 0.612. The molecule has 0 aliphatic carbocycles. The Hall–Kier alpha value is -1.24. The third-order valence-electron chi connectivity index (χ3n) is 2.69. The fraction of sp³-hybridized carbons (Fsp3) is 0.231. The number of aryl methyl sites for hydroxylation is 1. The van der Waals surface area contributed by atoms with Crippen LogP contribution in [0.4, 0.5) is 0 Å². The zero-order chi connectivity index (χ0) is 10.1. The van der Waals surface area contributed by atoms with Gasteiger partial charge in [-0.1, -0.05) is 61.1 Å². The quantitative estimate of drug-likeness (QED) is 0.594. The van der Waals surface area contributed by atoms with Crippen LogP contribution in [0.25, 0.3) is 10.8 Å². The van der Waals surface area contributed by atoms with Gasteiger partial charge in [0.1, 0.15) is 0 Å². The van der Waals surface area contributed by atoms with E-state index in [1.54, 1.807) is 0 Å². The minimum atomic E-state index is 0.612.